The molecule has 0 unspecified atom stereocenters. The Labute approximate surface area is 57.5 Å². The standard InChI is InChI=1S/C5H8N2O3/c1-10-5(9)3-2(6)4(8)7-3/h2-3H,6H2,1H3,(H,7,8)/t2-,3-/m0/s1. The molecule has 0 spiro atoms. The van der Waals surface area contributed by atoms with Crippen LogP contribution in [-0.4, -0.2) is 31.1 Å². The van der Waals surface area contributed by atoms with Crippen LogP contribution in [0.2, 0.25) is 0 Å². The number of rotatable bonds is 1. The van der Waals surface area contributed by atoms with Gasteiger partial charge in [0.2, 0.25) is 5.91 Å². The highest BCUT2D eigenvalue weighted by Gasteiger charge is 2.42. The van der Waals surface area contributed by atoms with Crippen molar-refractivity contribution in [3.05, 3.63) is 0 Å². The van der Waals surface area contributed by atoms with Crippen molar-refractivity contribution in [2.24, 2.45) is 5.73 Å². The highest BCUT2D eigenvalue weighted by atomic mass is 16.5. The molecule has 0 bridgehead atoms. The summed E-state index contributed by atoms with van der Waals surface area (Å²) in [4.78, 5) is 21.1. The lowest BCUT2D eigenvalue weighted by atomic mass is 10.0. The summed E-state index contributed by atoms with van der Waals surface area (Å²) in [5.41, 5.74) is 5.23. The Morgan fingerprint density at radius 2 is 2.40 bits per heavy atom. The molecule has 3 N–H and O–H groups in total. The number of carbonyl (C=O) groups is 2. The lowest BCUT2D eigenvalue weighted by Crippen LogP contribution is -2.69. The monoisotopic (exact) mass is 144 g/mol. The number of amides is 1. The van der Waals surface area contributed by atoms with Crippen LogP contribution in [0.5, 0.6) is 0 Å². The summed E-state index contributed by atoms with van der Waals surface area (Å²) in [7, 11) is 1.25. The number of esters is 1. The van der Waals surface area contributed by atoms with E-state index < -0.39 is 18.1 Å². The average Bonchev–Trinajstić information content (AvgIpc) is 1.98. The van der Waals surface area contributed by atoms with Crippen LogP contribution in [-0.2, 0) is 14.3 Å². The molecule has 5 nitrogen and oxygen atoms in total. The second-order valence-electron chi connectivity index (χ2n) is 2.04. The molecule has 0 aliphatic carbocycles. The van der Waals surface area contributed by atoms with E-state index in [4.69, 9.17) is 5.73 Å². The molecule has 1 rings (SSSR count). The summed E-state index contributed by atoms with van der Waals surface area (Å²) in [6.07, 6.45) is 0. The average molecular weight is 144 g/mol. The van der Waals surface area contributed by atoms with E-state index >= 15 is 0 Å². The first-order valence-electron chi connectivity index (χ1n) is 2.80. The summed E-state index contributed by atoms with van der Waals surface area (Å²) in [6.45, 7) is 0. The number of carbonyl (C=O) groups excluding carboxylic acids is 2. The van der Waals surface area contributed by atoms with Crippen LogP contribution in [0, 0.1) is 0 Å². The highest BCUT2D eigenvalue weighted by molar-refractivity contribution is 5.99. The van der Waals surface area contributed by atoms with E-state index in [0.29, 0.717) is 0 Å². The molecule has 0 radical (unpaired) electrons. The molecule has 1 saturated heterocycles. The first-order chi connectivity index (χ1) is 4.66. The Morgan fingerprint density at radius 1 is 1.80 bits per heavy atom. The summed E-state index contributed by atoms with van der Waals surface area (Å²) in [6, 6.07) is -1.37. The Hall–Kier alpha value is -1.10. The van der Waals surface area contributed by atoms with Crippen molar-refractivity contribution >= 4 is 11.9 Å². The molecule has 5 heteroatoms. The molecule has 1 aliphatic heterocycles. The van der Waals surface area contributed by atoms with Crippen molar-refractivity contribution in [1.82, 2.24) is 5.32 Å². The first kappa shape index (κ1) is 7.01. The van der Waals surface area contributed by atoms with Crippen molar-refractivity contribution in [3.63, 3.8) is 0 Å². The zero-order valence-electron chi connectivity index (χ0n) is 5.46. The van der Waals surface area contributed by atoms with Crippen LogP contribution in [0.25, 0.3) is 0 Å². The molecule has 1 fully saturated rings. The Balaban J connectivity index is 2.47. The zero-order valence-corrected chi connectivity index (χ0v) is 5.46. The predicted molar refractivity (Wildman–Crippen MR) is 31.9 cm³/mol. The molecule has 1 aliphatic rings. The number of nitrogens with one attached hydrogen (secondary N) is 1. The van der Waals surface area contributed by atoms with E-state index in [1.165, 1.54) is 7.11 Å². The number of nitrogens with two attached hydrogens (primary N) is 1. The molecule has 1 heterocycles. The highest BCUT2D eigenvalue weighted by Crippen LogP contribution is 2.03. The van der Waals surface area contributed by atoms with Crippen molar-refractivity contribution in [3.8, 4) is 0 Å². The molecular weight excluding hydrogens is 136 g/mol. The SMILES string of the molecule is COC(=O)[C@H]1NC(=O)[C@H]1N. The van der Waals surface area contributed by atoms with Gasteiger partial charge in [-0.3, -0.25) is 4.79 Å². The molecule has 2 atom stereocenters. The molecule has 1 amide bonds. The van der Waals surface area contributed by atoms with Crippen molar-refractivity contribution in [2.45, 2.75) is 12.1 Å². The lowest BCUT2D eigenvalue weighted by molar-refractivity contribution is -0.152. The van der Waals surface area contributed by atoms with Crippen molar-refractivity contribution in [1.29, 1.82) is 0 Å². The lowest BCUT2D eigenvalue weighted by Gasteiger charge is -2.30. The van der Waals surface area contributed by atoms with Crippen LogP contribution in [0.3, 0.4) is 0 Å². The number of methoxy groups -OCH3 is 1. The Morgan fingerprint density at radius 3 is 2.70 bits per heavy atom. The molecule has 56 valence electrons. The van der Waals surface area contributed by atoms with Crippen molar-refractivity contribution < 1.29 is 14.3 Å². The molecule has 0 saturated carbocycles. The van der Waals surface area contributed by atoms with Gasteiger partial charge in [-0.05, 0) is 0 Å². The van der Waals surface area contributed by atoms with E-state index in [1.54, 1.807) is 0 Å². The quantitative estimate of drug-likeness (QED) is 0.329. The predicted octanol–water partition coefficient (Wildman–Crippen LogP) is -2.01. The minimum atomic E-state index is -0.729. The topological polar surface area (TPSA) is 81.4 Å². The van der Waals surface area contributed by atoms with Crippen LogP contribution in [0.4, 0.5) is 0 Å². The van der Waals surface area contributed by atoms with Gasteiger partial charge in [-0.25, -0.2) is 4.79 Å². The van der Waals surface area contributed by atoms with Gasteiger partial charge in [0.1, 0.15) is 6.04 Å². The minimum Gasteiger partial charge on any atom is -0.467 e. The van der Waals surface area contributed by atoms with Crippen LogP contribution >= 0.6 is 0 Å². The van der Waals surface area contributed by atoms with Gasteiger partial charge in [0.05, 0.1) is 7.11 Å². The Bertz CT molecular complexity index is 180. The molecule has 0 aromatic rings. The smallest absolute Gasteiger partial charge is 0.330 e. The Kier molecular flexibility index (Phi) is 1.58. The third-order valence-electron chi connectivity index (χ3n) is 1.41. The summed E-state index contributed by atoms with van der Waals surface area (Å²) >= 11 is 0. The third kappa shape index (κ3) is 0.841. The fraction of sp³-hybridized carbons (Fsp3) is 0.600. The maximum absolute atomic E-state index is 10.6. The summed E-state index contributed by atoms with van der Waals surface area (Å²) in [5.74, 6) is -0.803. The van der Waals surface area contributed by atoms with Gasteiger partial charge in [0, 0.05) is 0 Å². The zero-order chi connectivity index (χ0) is 7.72. The molecule has 10 heavy (non-hydrogen) atoms. The van der Waals surface area contributed by atoms with E-state index in [0.717, 1.165) is 0 Å². The summed E-state index contributed by atoms with van der Waals surface area (Å²) < 4.78 is 4.34. The fourth-order valence-corrected chi connectivity index (χ4v) is 0.727. The second kappa shape index (κ2) is 2.26. The van der Waals surface area contributed by atoms with Crippen molar-refractivity contribution in [2.75, 3.05) is 7.11 Å². The molecule has 0 aromatic carbocycles. The van der Waals surface area contributed by atoms with E-state index in [1.807, 2.05) is 0 Å². The summed E-state index contributed by atoms with van der Waals surface area (Å²) in [5, 5.41) is 2.30. The fourth-order valence-electron chi connectivity index (χ4n) is 0.727. The minimum absolute atomic E-state index is 0.310. The van der Waals surface area contributed by atoms with Gasteiger partial charge < -0.3 is 15.8 Å². The second-order valence-corrected chi connectivity index (χ2v) is 2.04. The number of hydrogen-bond donors (Lipinski definition) is 2. The first-order valence-corrected chi connectivity index (χ1v) is 2.80. The maximum Gasteiger partial charge on any atom is 0.330 e. The number of hydrogen-bond acceptors (Lipinski definition) is 4. The van der Waals surface area contributed by atoms with Gasteiger partial charge in [-0.2, -0.15) is 0 Å². The van der Waals surface area contributed by atoms with Crippen LogP contribution < -0.4 is 11.1 Å². The number of β-lactam (4-membered cyclic amide) rings is 1. The van der Waals surface area contributed by atoms with Gasteiger partial charge >= 0.3 is 5.97 Å². The van der Waals surface area contributed by atoms with Gasteiger partial charge in [-0.1, -0.05) is 0 Å². The van der Waals surface area contributed by atoms with Gasteiger partial charge in [-0.15, -0.1) is 0 Å². The van der Waals surface area contributed by atoms with E-state index in [9.17, 15) is 9.59 Å². The van der Waals surface area contributed by atoms with E-state index in [2.05, 4.69) is 10.1 Å². The number of ether oxygens (including phenoxy) is 1. The largest absolute Gasteiger partial charge is 0.467 e. The third-order valence-corrected chi connectivity index (χ3v) is 1.41. The van der Waals surface area contributed by atoms with Gasteiger partial charge in [0.15, 0.2) is 6.04 Å². The molecule has 0 aromatic heterocycles. The molecular formula is C5H8N2O3. The normalized spacial score (nSPS) is 30.4. The maximum atomic E-state index is 10.6. The van der Waals surface area contributed by atoms with Crippen LogP contribution in [0.15, 0.2) is 0 Å². The van der Waals surface area contributed by atoms with E-state index in [-0.39, 0.29) is 5.91 Å². The van der Waals surface area contributed by atoms with Gasteiger partial charge in [0.25, 0.3) is 0 Å². The van der Waals surface area contributed by atoms with Crippen LogP contribution in [0.1, 0.15) is 0 Å².